The van der Waals surface area contributed by atoms with E-state index in [-0.39, 0.29) is 33.9 Å². The monoisotopic (exact) mass is 564 g/mol. The van der Waals surface area contributed by atoms with Crippen molar-refractivity contribution in [2.75, 3.05) is 40.3 Å². The fraction of sp³-hybridized carbons (Fsp3) is 0.367. The van der Waals surface area contributed by atoms with Crippen LogP contribution in [0, 0.1) is 6.92 Å². The largest absolute Gasteiger partial charge is 0.497 e. The molecule has 0 bridgehead atoms. The molecule has 1 saturated carbocycles. The summed E-state index contributed by atoms with van der Waals surface area (Å²) in [6.07, 6.45) is -2.52. The van der Waals surface area contributed by atoms with Gasteiger partial charge in [-0.05, 0) is 50.2 Å². The summed E-state index contributed by atoms with van der Waals surface area (Å²) >= 11 is 0. The van der Waals surface area contributed by atoms with Crippen molar-refractivity contribution in [2.24, 2.45) is 0 Å². The summed E-state index contributed by atoms with van der Waals surface area (Å²) in [5, 5.41) is 7.41. The van der Waals surface area contributed by atoms with E-state index in [1.165, 1.54) is 25.8 Å². The molecular weight excluding hydrogens is 533 g/mol. The Hall–Kier alpha value is -3.96. The summed E-state index contributed by atoms with van der Waals surface area (Å²) in [6.45, 7) is 3.57. The number of nitrogens with zero attached hydrogens (tertiary/aromatic N) is 5. The molecule has 2 atom stereocenters. The van der Waals surface area contributed by atoms with Crippen LogP contribution in [0.1, 0.15) is 33.6 Å². The number of nitrogens with one attached hydrogen (secondary N) is 1. The molecule has 0 radical (unpaired) electrons. The van der Waals surface area contributed by atoms with Gasteiger partial charge in [-0.2, -0.15) is 18.3 Å². The number of aromatic nitrogens is 3. The lowest BCUT2D eigenvalue weighted by Gasteiger charge is -2.40. The highest BCUT2D eigenvalue weighted by molar-refractivity contribution is 6.00. The van der Waals surface area contributed by atoms with E-state index in [4.69, 9.17) is 4.74 Å². The lowest BCUT2D eigenvalue weighted by atomic mass is 10.0. The van der Waals surface area contributed by atoms with Crippen molar-refractivity contribution in [3.05, 3.63) is 83.2 Å². The van der Waals surface area contributed by atoms with Crippen LogP contribution in [0.3, 0.4) is 0 Å². The zero-order chi connectivity index (χ0) is 28.9. The van der Waals surface area contributed by atoms with Crippen molar-refractivity contribution in [1.29, 1.82) is 0 Å². The third kappa shape index (κ3) is 4.53. The average Bonchev–Trinajstić information content (AvgIpc) is 3.60. The van der Waals surface area contributed by atoms with Gasteiger partial charge in [0.2, 0.25) is 0 Å². The molecule has 2 aromatic heterocycles. The number of hydrogen-bond donors (Lipinski definition) is 1. The minimum absolute atomic E-state index is 0.0519. The lowest BCUT2D eigenvalue weighted by Crippen LogP contribution is -2.53. The lowest BCUT2D eigenvalue weighted by molar-refractivity contribution is -0.143. The third-order valence-electron chi connectivity index (χ3n) is 8.43. The van der Waals surface area contributed by atoms with E-state index in [1.807, 2.05) is 25.2 Å². The zero-order valence-corrected chi connectivity index (χ0v) is 23.1. The van der Waals surface area contributed by atoms with Gasteiger partial charge in [0.15, 0.2) is 11.3 Å². The molecular formula is C30H31F3N6O2. The van der Waals surface area contributed by atoms with E-state index in [1.54, 1.807) is 29.2 Å². The maximum atomic E-state index is 14.3. The Morgan fingerprint density at radius 1 is 1.05 bits per heavy atom. The van der Waals surface area contributed by atoms with E-state index in [0.717, 1.165) is 10.9 Å². The van der Waals surface area contributed by atoms with Crippen LogP contribution < -0.4 is 10.1 Å². The van der Waals surface area contributed by atoms with Crippen molar-refractivity contribution in [1.82, 2.24) is 29.7 Å². The predicted octanol–water partition coefficient (Wildman–Crippen LogP) is 4.38. The average molecular weight is 565 g/mol. The Morgan fingerprint density at radius 3 is 2.32 bits per heavy atom. The number of carbonyl (C=O) groups excluding carboxylic acids is 1. The van der Waals surface area contributed by atoms with E-state index in [2.05, 4.69) is 32.4 Å². The summed E-state index contributed by atoms with van der Waals surface area (Å²) in [5.41, 5.74) is 0.670. The van der Waals surface area contributed by atoms with Gasteiger partial charge in [0.1, 0.15) is 11.3 Å². The number of likely N-dealkylation sites (N-methyl/N-ethyl adjacent to an activating group) is 1. The quantitative estimate of drug-likeness (QED) is 0.375. The van der Waals surface area contributed by atoms with Crippen molar-refractivity contribution in [3.8, 4) is 17.0 Å². The van der Waals surface area contributed by atoms with Crippen LogP contribution in [0.2, 0.25) is 0 Å². The number of hydrogen-bond acceptors (Lipinski definition) is 6. The van der Waals surface area contributed by atoms with Gasteiger partial charge >= 0.3 is 6.18 Å². The molecule has 11 heteroatoms. The summed E-state index contributed by atoms with van der Waals surface area (Å²) in [5.74, 6) is 0.198. The molecule has 214 valence electrons. The molecule has 1 N–H and O–H groups in total. The molecule has 1 aliphatic carbocycles. The summed E-state index contributed by atoms with van der Waals surface area (Å²) < 4.78 is 48.8. The maximum Gasteiger partial charge on any atom is 0.433 e. The molecule has 2 aliphatic rings. The number of halogens is 3. The molecule has 2 aromatic carbocycles. The molecule has 1 unspecified atom stereocenters. The van der Waals surface area contributed by atoms with Gasteiger partial charge in [0.25, 0.3) is 5.91 Å². The minimum Gasteiger partial charge on any atom is -0.497 e. The van der Waals surface area contributed by atoms with Crippen LogP contribution in [0.5, 0.6) is 5.75 Å². The highest BCUT2D eigenvalue weighted by Crippen LogP contribution is 2.51. The van der Waals surface area contributed by atoms with E-state index >= 15 is 0 Å². The number of benzene rings is 2. The number of alkyl halides is 3. The van der Waals surface area contributed by atoms with Crippen molar-refractivity contribution < 1.29 is 22.7 Å². The molecule has 6 rings (SSSR count). The first-order chi connectivity index (χ1) is 19.7. The second kappa shape index (κ2) is 10.1. The number of methoxy groups -OCH3 is 1. The highest BCUT2D eigenvalue weighted by Gasteiger charge is 2.59. The van der Waals surface area contributed by atoms with Gasteiger partial charge < -0.3 is 15.0 Å². The smallest absolute Gasteiger partial charge is 0.433 e. The minimum atomic E-state index is -4.70. The Kier molecular flexibility index (Phi) is 6.74. The van der Waals surface area contributed by atoms with Gasteiger partial charge in [0, 0.05) is 43.3 Å². The molecule has 41 heavy (non-hydrogen) atoms. The van der Waals surface area contributed by atoms with Gasteiger partial charge in [-0.25, -0.2) is 9.50 Å². The second-order valence-electron chi connectivity index (χ2n) is 10.6. The van der Waals surface area contributed by atoms with Crippen molar-refractivity contribution >= 4 is 11.6 Å². The highest BCUT2D eigenvalue weighted by atomic mass is 19.4. The summed E-state index contributed by atoms with van der Waals surface area (Å²) in [4.78, 5) is 22.4. The zero-order valence-electron chi connectivity index (χ0n) is 23.1. The molecule has 2 fully saturated rings. The van der Waals surface area contributed by atoms with Crippen LogP contribution in [0.4, 0.5) is 13.2 Å². The number of carbonyl (C=O) groups is 1. The standard InChI is InChI=1S/C30H31F3N6O2/c1-19-25(20-9-11-22(41-3)12-10-20)36-27-23(18-35-39(27)26(19)30(31,32)33)28(40)37-13-15-38(16-14-37)29(17-24(29)34-2)21-7-5-4-6-8-21/h4-12,18,24,34H,13-17H2,1-3H3/t24-,29?/m1/s1. The Balaban J connectivity index is 1.31. The number of fused-ring (bicyclic) bond motifs is 1. The van der Waals surface area contributed by atoms with Crippen LogP contribution in [-0.4, -0.2) is 76.7 Å². The van der Waals surface area contributed by atoms with E-state index in [9.17, 15) is 18.0 Å². The van der Waals surface area contributed by atoms with E-state index < -0.39 is 11.9 Å². The number of rotatable bonds is 6. The molecule has 1 amide bonds. The van der Waals surface area contributed by atoms with Gasteiger partial charge in [-0.3, -0.25) is 9.69 Å². The predicted molar refractivity (Wildman–Crippen MR) is 148 cm³/mol. The first-order valence-corrected chi connectivity index (χ1v) is 13.6. The fourth-order valence-electron chi connectivity index (χ4n) is 6.24. The number of amides is 1. The molecule has 8 nitrogen and oxygen atoms in total. The van der Waals surface area contributed by atoms with Crippen molar-refractivity contribution in [3.63, 3.8) is 0 Å². The van der Waals surface area contributed by atoms with Gasteiger partial charge in [-0.1, -0.05) is 30.3 Å². The summed E-state index contributed by atoms with van der Waals surface area (Å²) in [7, 11) is 3.48. The summed E-state index contributed by atoms with van der Waals surface area (Å²) in [6, 6.07) is 17.3. The Labute approximate surface area is 235 Å². The van der Waals surface area contributed by atoms with Crippen molar-refractivity contribution in [2.45, 2.75) is 31.1 Å². The van der Waals surface area contributed by atoms with Gasteiger partial charge in [-0.15, -0.1) is 0 Å². The number of piperazine rings is 1. The number of ether oxygens (including phenoxy) is 1. The first kappa shape index (κ1) is 27.2. The maximum absolute atomic E-state index is 14.3. The molecule has 1 saturated heterocycles. The van der Waals surface area contributed by atoms with Gasteiger partial charge in [0.05, 0.1) is 24.5 Å². The topological polar surface area (TPSA) is 75.0 Å². The third-order valence-corrected chi connectivity index (χ3v) is 8.43. The van der Waals surface area contributed by atoms with Crippen LogP contribution in [-0.2, 0) is 11.7 Å². The van der Waals surface area contributed by atoms with Crippen LogP contribution >= 0.6 is 0 Å². The molecule has 3 heterocycles. The normalized spacial score (nSPS) is 21.3. The fourth-order valence-corrected chi connectivity index (χ4v) is 6.24. The Bertz CT molecular complexity index is 1580. The van der Waals surface area contributed by atoms with Crippen LogP contribution in [0.15, 0.2) is 60.8 Å². The molecule has 0 spiro atoms. The molecule has 1 aliphatic heterocycles. The SMILES string of the molecule is CN[C@@H]1CC1(c1ccccc1)N1CCN(C(=O)c2cnn3c(C(F)(F)F)c(C)c(-c4ccc(OC)cc4)nc23)CC1. The Morgan fingerprint density at radius 2 is 1.73 bits per heavy atom. The second-order valence-corrected chi connectivity index (χ2v) is 10.6. The first-order valence-electron chi connectivity index (χ1n) is 13.6. The van der Waals surface area contributed by atoms with Crippen LogP contribution in [0.25, 0.3) is 16.9 Å². The van der Waals surface area contributed by atoms with E-state index in [0.29, 0.717) is 43.5 Å². The molecule has 4 aromatic rings.